The largest absolute Gasteiger partial charge is 0.478 e. The van der Waals surface area contributed by atoms with E-state index >= 15 is 0 Å². The fourth-order valence-corrected chi connectivity index (χ4v) is 2.70. The Kier molecular flexibility index (Phi) is 2.29. The number of carboxylic acids is 1. The van der Waals surface area contributed by atoms with Gasteiger partial charge in [0.2, 0.25) is 5.91 Å². The summed E-state index contributed by atoms with van der Waals surface area (Å²) in [6, 6.07) is 5.01. The number of amides is 1. The summed E-state index contributed by atoms with van der Waals surface area (Å²) < 4.78 is 0. The highest BCUT2D eigenvalue weighted by Gasteiger charge is 2.41. The first kappa shape index (κ1) is 11.1. The van der Waals surface area contributed by atoms with Crippen LogP contribution in [0, 0.1) is 0 Å². The van der Waals surface area contributed by atoms with Gasteiger partial charge in [0, 0.05) is 12.0 Å². The highest BCUT2D eigenvalue weighted by Crippen LogP contribution is 2.42. The molecule has 5 nitrogen and oxygen atoms in total. The van der Waals surface area contributed by atoms with Crippen LogP contribution in [-0.2, 0) is 4.79 Å². The second-order valence-electron chi connectivity index (χ2n) is 5.02. The van der Waals surface area contributed by atoms with Crippen LogP contribution in [0.5, 0.6) is 0 Å². The van der Waals surface area contributed by atoms with Crippen molar-refractivity contribution >= 4 is 23.3 Å². The average Bonchev–Trinajstić information content (AvgIpc) is 2.42. The van der Waals surface area contributed by atoms with E-state index in [4.69, 9.17) is 5.11 Å². The number of fused-ring (bicyclic) bond motifs is 1. The lowest BCUT2D eigenvalue weighted by molar-refractivity contribution is -0.117. The molecule has 0 saturated heterocycles. The Morgan fingerprint density at radius 1 is 1.33 bits per heavy atom. The third kappa shape index (κ3) is 1.63. The van der Waals surface area contributed by atoms with E-state index in [1.165, 1.54) is 6.07 Å². The van der Waals surface area contributed by atoms with Crippen LogP contribution in [0.3, 0.4) is 0 Å². The Bertz CT molecular complexity index is 535. The highest BCUT2D eigenvalue weighted by molar-refractivity contribution is 6.05. The fourth-order valence-electron chi connectivity index (χ4n) is 2.70. The molecular weight excluding hydrogens is 232 g/mol. The van der Waals surface area contributed by atoms with E-state index in [1.54, 1.807) is 6.07 Å². The van der Waals surface area contributed by atoms with Gasteiger partial charge < -0.3 is 15.7 Å². The van der Waals surface area contributed by atoms with Gasteiger partial charge in [-0.3, -0.25) is 4.79 Å². The first-order valence-corrected chi connectivity index (χ1v) is 6.04. The molecule has 94 valence electrons. The Morgan fingerprint density at radius 3 is 2.72 bits per heavy atom. The van der Waals surface area contributed by atoms with Gasteiger partial charge in [-0.05, 0) is 31.4 Å². The zero-order chi connectivity index (χ0) is 12.8. The summed E-state index contributed by atoms with van der Waals surface area (Å²) >= 11 is 0. The number of rotatable bonds is 1. The smallest absolute Gasteiger partial charge is 0.337 e. The Labute approximate surface area is 104 Å². The van der Waals surface area contributed by atoms with Crippen molar-refractivity contribution in [3.05, 3.63) is 23.8 Å². The van der Waals surface area contributed by atoms with Crippen LogP contribution >= 0.6 is 0 Å². The summed E-state index contributed by atoms with van der Waals surface area (Å²) in [6.07, 6.45) is 3.42. The molecule has 1 amide bonds. The summed E-state index contributed by atoms with van der Waals surface area (Å²) in [5.41, 5.74) is 1.05. The molecule has 2 aliphatic rings. The van der Waals surface area contributed by atoms with Crippen molar-refractivity contribution in [1.82, 2.24) is 0 Å². The molecule has 0 atom stereocenters. The van der Waals surface area contributed by atoms with Crippen molar-refractivity contribution in [2.24, 2.45) is 0 Å². The quantitative estimate of drug-likeness (QED) is 0.708. The first-order chi connectivity index (χ1) is 8.60. The number of para-hydroxylation sites is 1. The molecule has 3 rings (SSSR count). The zero-order valence-corrected chi connectivity index (χ0v) is 9.82. The summed E-state index contributed by atoms with van der Waals surface area (Å²) in [5, 5.41) is 15.2. The minimum Gasteiger partial charge on any atom is -0.478 e. The summed E-state index contributed by atoms with van der Waals surface area (Å²) in [7, 11) is 0. The number of hydrogen-bond acceptors (Lipinski definition) is 3. The molecular formula is C13H14N2O3. The Morgan fingerprint density at radius 2 is 2.11 bits per heavy atom. The molecule has 1 fully saturated rings. The summed E-state index contributed by atoms with van der Waals surface area (Å²) in [5.74, 6) is -1.15. The van der Waals surface area contributed by atoms with Gasteiger partial charge in [-0.15, -0.1) is 0 Å². The maximum atomic E-state index is 11.9. The third-order valence-corrected chi connectivity index (χ3v) is 3.77. The number of benzene rings is 1. The van der Waals surface area contributed by atoms with Crippen molar-refractivity contribution in [2.45, 2.75) is 31.2 Å². The van der Waals surface area contributed by atoms with Gasteiger partial charge in [0.05, 0.1) is 16.9 Å². The number of aromatic carboxylic acids is 1. The van der Waals surface area contributed by atoms with Crippen molar-refractivity contribution in [2.75, 3.05) is 10.6 Å². The highest BCUT2D eigenvalue weighted by atomic mass is 16.4. The van der Waals surface area contributed by atoms with Gasteiger partial charge in [-0.2, -0.15) is 0 Å². The van der Waals surface area contributed by atoms with Crippen LogP contribution in [0.4, 0.5) is 11.4 Å². The van der Waals surface area contributed by atoms with Gasteiger partial charge in [-0.25, -0.2) is 4.79 Å². The van der Waals surface area contributed by atoms with Gasteiger partial charge >= 0.3 is 5.97 Å². The molecule has 1 saturated carbocycles. The van der Waals surface area contributed by atoms with Gasteiger partial charge in [0.15, 0.2) is 0 Å². The van der Waals surface area contributed by atoms with Crippen LogP contribution < -0.4 is 10.6 Å². The van der Waals surface area contributed by atoms with Crippen molar-refractivity contribution in [1.29, 1.82) is 0 Å². The van der Waals surface area contributed by atoms with E-state index in [1.807, 2.05) is 6.07 Å². The van der Waals surface area contributed by atoms with Crippen LogP contribution in [0.25, 0.3) is 0 Å². The molecule has 1 aliphatic carbocycles. The molecule has 0 aromatic heterocycles. The molecule has 1 aromatic rings. The summed E-state index contributed by atoms with van der Waals surface area (Å²) in [4.78, 5) is 23.0. The van der Waals surface area contributed by atoms with Gasteiger partial charge in [0.25, 0.3) is 0 Å². The molecule has 0 radical (unpaired) electrons. The van der Waals surface area contributed by atoms with E-state index in [0.717, 1.165) is 19.3 Å². The van der Waals surface area contributed by atoms with Crippen LogP contribution in [0.1, 0.15) is 36.0 Å². The number of carboxylic acid groups (broad SMARTS) is 1. The second kappa shape index (κ2) is 3.73. The Hall–Kier alpha value is -2.04. The zero-order valence-electron chi connectivity index (χ0n) is 9.82. The van der Waals surface area contributed by atoms with Crippen LogP contribution in [0.15, 0.2) is 18.2 Å². The average molecular weight is 246 g/mol. The number of anilines is 2. The minimum absolute atomic E-state index is 0.116. The lowest BCUT2D eigenvalue weighted by Gasteiger charge is -2.41. The molecule has 1 aliphatic heterocycles. The van der Waals surface area contributed by atoms with Crippen molar-refractivity contribution in [3.63, 3.8) is 0 Å². The number of hydrogen-bond donors (Lipinski definition) is 3. The maximum Gasteiger partial charge on any atom is 0.337 e. The van der Waals surface area contributed by atoms with Crippen molar-refractivity contribution < 1.29 is 14.7 Å². The standard InChI is InChI=1S/C13H14N2O3/c16-10-7-13(5-2-6-13)15-9-4-1-3-8(12(17)18)11(9)14-10/h1,3-4,15H,2,5-7H2,(H,14,16)(H,17,18). The van der Waals surface area contributed by atoms with E-state index in [0.29, 0.717) is 17.8 Å². The topological polar surface area (TPSA) is 78.4 Å². The van der Waals surface area contributed by atoms with E-state index in [-0.39, 0.29) is 17.0 Å². The fraction of sp³-hybridized carbons (Fsp3) is 0.385. The van der Waals surface area contributed by atoms with Crippen molar-refractivity contribution in [3.8, 4) is 0 Å². The minimum atomic E-state index is -1.03. The first-order valence-electron chi connectivity index (χ1n) is 6.04. The van der Waals surface area contributed by atoms with E-state index in [2.05, 4.69) is 10.6 Å². The second-order valence-corrected chi connectivity index (χ2v) is 5.02. The predicted molar refractivity (Wildman–Crippen MR) is 66.9 cm³/mol. The van der Waals surface area contributed by atoms with E-state index in [9.17, 15) is 9.59 Å². The SMILES string of the molecule is O=C1CC2(CCC2)Nc2cccc(C(=O)O)c2N1. The van der Waals surface area contributed by atoms with E-state index < -0.39 is 5.97 Å². The monoisotopic (exact) mass is 246 g/mol. The lowest BCUT2D eigenvalue weighted by Crippen LogP contribution is -2.46. The molecule has 1 aromatic carbocycles. The molecule has 3 N–H and O–H groups in total. The van der Waals surface area contributed by atoms with Crippen LogP contribution in [-0.4, -0.2) is 22.5 Å². The Balaban J connectivity index is 2.08. The lowest BCUT2D eigenvalue weighted by atomic mass is 9.74. The molecule has 5 heteroatoms. The number of carbonyl (C=O) groups excluding carboxylic acids is 1. The molecule has 1 heterocycles. The molecule has 18 heavy (non-hydrogen) atoms. The number of carbonyl (C=O) groups is 2. The normalized spacial score (nSPS) is 20.1. The molecule has 0 unspecified atom stereocenters. The van der Waals surface area contributed by atoms with Gasteiger partial charge in [0.1, 0.15) is 0 Å². The van der Waals surface area contributed by atoms with Gasteiger partial charge in [-0.1, -0.05) is 6.07 Å². The third-order valence-electron chi connectivity index (χ3n) is 3.77. The molecule has 0 bridgehead atoms. The molecule has 1 spiro atoms. The van der Waals surface area contributed by atoms with Crippen LogP contribution in [0.2, 0.25) is 0 Å². The summed E-state index contributed by atoms with van der Waals surface area (Å²) in [6.45, 7) is 0. The predicted octanol–water partition coefficient (Wildman–Crippen LogP) is 2.06. The maximum absolute atomic E-state index is 11.9. The number of nitrogens with one attached hydrogen (secondary N) is 2.